The molecular weight excluding hydrogens is 214 g/mol. The van der Waals surface area contributed by atoms with Crippen molar-refractivity contribution >= 4 is 5.69 Å². The SMILES string of the molecule is CC1(C)CC(Oc2cccc(N)c2)C(C)(C)O1. The van der Waals surface area contributed by atoms with Gasteiger partial charge in [0.15, 0.2) is 0 Å². The zero-order valence-electron chi connectivity index (χ0n) is 11.0. The summed E-state index contributed by atoms with van der Waals surface area (Å²) >= 11 is 0. The van der Waals surface area contributed by atoms with Crippen molar-refractivity contribution in [3.05, 3.63) is 24.3 Å². The fraction of sp³-hybridized carbons (Fsp3) is 0.571. The van der Waals surface area contributed by atoms with Crippen molar-refractivity contribution in [1.82, 2.24) is 0 Å². The molecule has 0 aromatic heterocycles. The zero-order valence-corrected chi connectivity index (χ0v) is 11.0. The minimum atomic E-state index is -0.270. The molecule has 3 heteroatoms. The largest absolute Gasteiger partial charge is 0.487 e. The van der Waals surface area contributed by atoms with Crippen LogP contribution in [-0.4, -0.2) is 17.3 Å². The summed E-state index contributed by atoms with van der Waals surface area (Å²) in [5, 5.41) is 0. The summed E-state index contributed by atoms with van der Waals surface area (Å²) in [5.41, 5.74) is 6.06. The van der Waals surface area contributed by atoms with Crippen LogP contribution in [0.4, 0.5) is 5.69 Å². The van der Waals surface area contributed by atoms with Crippen molar-refractivity contribution in [2.45, 2.75) is 51.4 Å². The van der Waals surface area contributed by atoms with Crippen molar-refractivity contribution in [1.29, 1.82) is 0 Å². The number of benzene rings is 1. The second-order valence-electron chi connectivity index (χ2n) is 5.85. The molecular formula is C14H21NO2. The second-order valence-corrected chi connectivity index (χ2v) is 5.85. The Morgan fingerprint density at radius 3 is 2.53 bits per heavy atom. The van der Waals surface area contributed by atoms with Gasteiger partial charge in [-0.25, -0.2) is 0 Å². The molecule has 0 aliphatic carbocycles. The number of nitrogens with two attached hydrogens (primary N) is 1. The van der Waals surface area contributed by atoms with E-state index in [1.165, 1.54) is 0 Å². The molecule has 94 valence electrons. The third-order valence-corrected chi connectivity index (χ3v) is 3.13. The van der Waals surface area contributed by atoms with E-state index >= 15 is 0 Å². The summed E-state index contributed by atoms with van der Waals surface area (Å²) in [6.07, 6.45) is 0.939. The Balaban J connectivity index is 2.14. The molecule has 3 nitrogen and oxygen atoms in total. The summed E-state index contributed by atoms with van der Waals surface area (Å²) in [4.78, 5) is 0. The topological polar surface area (TPSA) is 44.5 Å². The highest BCUT2D eigenvalue weighted by molar-refractivity contribution is 5.43. The number of hydrogen-bond acceptors (Lipinski definition) is 3. The van der Waals surface area contributed by atoms with Gasteiger partial charge in [-0.3, -0.25) is 0 Å². The summed E-state index contributed by atoms with van der Waals surface area (Å²) in [6.45, 7) is 8.33. The van der Waals surface area contributed by atoms with E-state index in [-0.39, 0.29) is 17.3 Å². The van der Waals surface area contributed by atoms with E-state index in [2.05, 4.69) is 27.7 Å². The lowest BCUT2D eigenvalue weighted by Gasteiger charge is -2.27. The van der Waals surface area contributed by atoms with Gasteiger partial charge in [0.05, 0.1) is 5.60 Å². The lowest BCUT2D eigenvalue weighted by atomic mass is 9.97. The van der Waals surface area contributed by atoms with Crippen LogP contribution in [-0.2, 0) is 4.74 Å². The Bertz CT molecular complexity index is 412. The molecule has 0 amide bonds. The first-order valence-electron chi connectivity index (χ1n) is 6.01. The van der Waals surface area contributed by atoms with Gasteiger partial charge >= 0.3 is 0 Å². The Labute approximate surface area is 103 Å². The van der Waals surface area contributed by atoms with Crippen LogP contribution < -0.4 is 10.5 Å². The molecule has 1 atom stereocenters. The minimum absolute atomic E-state index is 0.0549. The van der Waals surface area contributed by atoms with Crippen LogP contribution in [0.25, 0.3) is 0 Å². The Kier molecular flexibility index (Phi) is 2.82. The predicted octanol–water partition coefficient (Wildman–Crippen LogP) is 2.99. The van der Waals surface area contributed by atoms with Gasteiger partial charge in [0.25, 0.3) is 0 Å². The highest BCUT2D eigenvalue weighted by atomic mass is 16.6. The molecule has 0 bridgehead atoms. The Morgan fingerprint density at radius 1 is 1.29 bits per heavy atom. The normalized spacial score (nSPS) is 25.8. The van der Waals surface area contributed by atoms with Gasteiger partial charge in [-0.05, 0) is 39.8 Å². The van der Waals surface area contributed by atoms with Crippen molar-refractivity contribution < 1.29 is 9.47 Å². The molecule has 1 fully saturated rings. The molecule has 2 rings (SSSR count). The van der Waals surface area contributed by atoms with E-state index in [0.29, 0.717) is 0 Å². The van der Waals surface area contributed by atoms with Crippen LogP contribution in [0, 0.1) is 0 Å². The number of rotatable bonds is 2. The van der Waals surface area contributed by atoms with E-state index in [9.17, 15) is 0 Å². The number of nitrogen functional groups attached to an aromatic ring is 1. The molecule has 1 unspecified atom stereocenters. The first kappa shape index (κ1) is 12.2. The Morgan fingerprint density at radius 2 is 2.00 bits per heavy atom. The smallest absolute Gasteiger partial charge is 0.130 e. The van der Waals surface area contributed by atoms with Crippen molar-refractivity contribution in [2.75, 3.05) is 5.73 Å². The quantitative estimate of drug-likeness (QED) is 0.801. The monoisotopic (exact) mass is 235 g/mol. The maximum Gasteiger partial charge on any atom is 0.130 e. The average Bonchev–Trinajstić information content (AvgIpc) is 2.34. The van der Waals surface area contributed by atoms with Crippen LogP contribution >= 0.6 is 0 Å². The van der Waals surface area contributed by atoms with Crippen molar-refractivity contribution in [3.63, 3.8) is 0 Å². The van der Waals surface area contributed by atoms with Gasteiger partial charge in [0.1, 0.15) is 17.5 Å². The third kappa shape index (κ3) is 2.72. The van der Waals surface area contributed by atoms with Crippen LogP contribution in [0.5, 0.6) is 5.75 Å². The van der Waals surface area contributed by atoms with Crippen LogP contribution in [0.2, 0.25) is 0 Å². The molecule has 0 spiro atoms. The minimum Gasteiger partial charge on any atom is -0.487 e. The highest BCUT2D eigenvalue weighted by Gasteiger charge is 2.47. The van der Waals surface area contributed by atoms with Gasteiger partial charge in [-0.1, -0.05) is 6.07 Å². The van der Waals surface area contributed by atoms with Gasteiger partial charge in [-0.2, -0.15) is 0 Å². The summed E-state index contributed by atoms with van der Waals surface area (Å²) < 4.78 is 12.0. The first-order valence-corrected chi connectivity index (χ1v) is 6.01. The maximum absolute atomic E-state index is 6.00. The van der Waals surface area contributed by atoms with E-state index in [1.54, 1.807) is 0 Å². The Hall–Kier alpha value is -1.22. The van der Waals surface area contributed by atoms with Gasteiger partial charge in [0, 0.05) is 18.2 Å². The fourth-order valence-corrected chi connectivity index (χ4v) is 2.45. The molecule has 1 saturated heterocycles. The number of ether oxygens (including phenoxy) is 2. The summed E-state index contributed by atoms with van der Waals surface area (Å²) in [5.74, 6) is 0.810. The average molecular weight is 235 g/mol. The highest BCUT2D eigenvalue weighted by Crippen LogP contribution is 2.39. The summed E-state index contributed by atoms with van der Waals surface area (Å²) in [6, 6.07) is 7.53. The molecule has 2 N–H and O–H groups in total. The lowest BCUT2D eigenvalue weighted by Crippen LogP contribution is -2.36. The first-order chi connectivity index (χ1) is 7.78. The van der Waals surface area contributed by atoms with Crippen LogP contribution in [0.1, 0.15) is 34.1 Å². The zero-order chi connectivity index (χ0) is 12.7. The molecule has 1 aromatic rings. The van der Waals surface area contributed by atoms with Gasteiger partial charge in [0.2, 0.25) is 0 Å². The molecule has 1 aromatic carbocycles. The maximum atomic E-state index is 6.00. The van der Waals surface area contributed by atoms with Gasteiger partial charge < -0.3 is 15.2 Å². The van der Waals surface area contributed by atoms with E-state index in [4.69, 9.17) is 15.2 Å². The second kappa shape index (κ2) is 3.91. The standard InChI is InChI=1S/C14H21NO2/c1-13(2)9-12(14(3,4)17-13)16-11-7-5-6-10(15)8-11/h5-8,12H,9,15H2,1-4H3. The molecule has 1 heterocycles. The van der Waals surface area contributed by atoms with E-state index < -0.39 is 0 Å². The van der Waals surface area contributed by atoms with Crippen molar-refractivity contribution in [3.8, 4) is 5.75 Å². The molecule has 0 saturated carbocycles. The lowest BCUT2D eigenvalue weighted by molar-refractivity contribution is -0.0846. The fourth-order valence-electron chi connectivity index (χ4n) is 2.45. The van der Waals surface area contributed by atoms with Crippen LogP contribution in [0.15, 0.2) is 24.3 Å². The molecule has 1 aliphatic rings. The van der Waals surface area contributed by atoms with Crippen LogP contribution in [0.3, 0.4) is 0 Å². The summed E-state index contributed by atoms with van der Waals surface area (Å²) in [7, 11) is 0. The molecule has 1 aliphatic heterocycles. The number of hydrogen-bond donors (Lipinski definition) is 1. The predicted molar refractivity (Wildman–Crippen MR) is 69.1 cm³/mol. The number of anilines is 1. The van der Waals surface area contributed by atoms with Gasteiger partial charge in [-0.15, -0.1) is 0 Å². The van der Waals surface area contributed by atoms with E-state index in [1.807, 2.05) is 24.3 Å². The van der Waals surface area contributed by atoms with Crippen molar-refractivity contribution in [2.24, 2.45) is 0 Å². The van der Waals surface area contributed by atoms with E-state index in [0.717, 1.165) is 17.9 Å². The third-order valence-electron chi connectivity index (χ3n) is 3.13. The molecule has 0 radical (unpaired) electrons. The molecule has 17 heavy (non-hydrogen) atoms.